The van der Waals surface area contributed by atoms with Crippen LogP contribution < -0.4 is 11.3 Å². The number of hydrazine groups is 1. The highest BCUT2D eigenvalue weighted by Gasteiger charge is 2.13. The molecule has 0 spiro atoms. The van der Waals surface area contributed by atoms with E-state index < -0.39 is 5.91 Å². The number of nitrogens with one attached hydrogen (secondary N) is 1. The minimum atomic E-state index is -0.404. The largest absolute Gasteiger partial charge is 0.466 e. The molecule has 0 unspecified atom stereocenters. The van der Waals surface area contributed by atoms with Gasteiger partial charge in [-0.3, -0.25) is 10.2 Å². The van der Waals surface area contributed by atoms with Crippen molar-refractivity contribution in [2.45, 2.75) is 6.61 Å². The second-order valence-electron chi connectivity index (χ2n) is 3.39. The molecule has 0 saturated heterocycles. The molecule has 1 amide bonds. The Morgan fingerprint density at radius 2 is 2.06 bits per heavy atom. The van der Waals surface area contributed by atoms with Gasteiger partial charge in [-0.2, -0.15) is 0 Å². The van der Waals surface area contributed by atoms with Crippen molar-refractivity contribution in [2.24, 2.45) is 5.84 Å². The summed E-state index contributed by atoms with van der Waals surface area (Å²) in [5, 5.41) is 0. The fourth-order valence-electron chi connectivity index (χ4n) is 1.26. The molecule has 1 rings (SSSR count). The molecule has 102 valence electrons. The van der Waals surface area contributed by atoms with Gasteiger partial charge in [0.15, 0.2) is 0 Å². The third-order valence-electron chi connectivity index (χ3n) is 2.16. The number of amides is 1. The number of hydrogen-bond acceptors (Lipinski definition) is 6. The summed E-state index contributed by atoms with van der Waals surface area (Å²) >= 11 is 0. The number of methoxy groups -OCH3 is 1. The molecule has 0 aliphatic carbocycles. The van der Waals surface area contributed by atoms with Gasteiger partial charge in [0.1, 0.15) is 12.4 Å². The minimum Gasteiger partial charge on any atom is -0.466 e. The second-order valence-corrected chi connectivity index (χ2v) is 3.39. The molecule has 0 atom stereocenters. The van der Waals surface area contributed by atoms with Gasteiger partial charge < -0.3 is 18.6 Å². The maximum atomic E-state index is 11.3. The van der Waals surface area contributed by atoms with E-state index in [1.807, 2.05) is 5.43 Å². The van der Waals surface area contributed by atoms with E-state index in [0.29, 0.717) is 37.8 Å². The SMILES string of the molecule is COCCOCCOCc1occc1C(=O)NN. The quantitative estimate of drug-likeness (QED) is 0.281. The van der Waals surface area contributed by atoms with Crippen LogP contribution in [0.25, 0.3) is 0 Å². The van der Waals surface area contributed by atoms with Gasteiger partial charge in [0.05, 0.1) is 38.3 Å². The molecule has 7 nitrogen and oxygen atoms in total. The van der Waals surface area contributed by atoms with E-state index in [9.17, 15) is 4.79 Å². The molecule has 7 heteroatoms. The van der Waals surface area contributed by atoms with Crippen molar-refractivity contribution >= 4 is 5.91 Å². The molecule has 0 aliphatic heterocycles. The highest BCUT2D eigenvalue weighted by atomic mass is 16.5. The maximum absolute atomic E-state index is 11.3. The van der Waals surface area contributed by atoms with E-state index in [1.165, 1.54) is 12.3 Å². The molecule has 0 aromatic carbocycles. The lowest BCUT2D eigenvalue weighted by atomic mass is 10.2. The fourth-order valence-corrected chi connectivity index (χ4v) is 1.26. The first-order valence-corrected chi connectivity index (χ1v) is 5.51. The second kappa shape index (κ2) is 8.65. The molecule has 18 heavy (non-hydrogen) atoms. The summed E-state index contributed by atoms with van der Waals surface area (Å²) in [5.74, 6) is 5.08. The van der Waals surface area contributed by atoms with E-state index in [-0.39, 0.29) is 6.61 Å². The van der Waals surface area contributed by atoms with Crippen molar-refractivity contribution in [2.75, 3.05) is 33.5 Å². The Kier molecular flexibility index (Phi) is 7.04. The standard InChI is InChI=1S/C11H18N2O5/c1-15-4-5-16-6-7-17-8-10-9(2-3-18-10)11(14)13-12/h2-3H,4-8,12H2,1H3,(H,13,14). The highest BCUT2D eigenvalue weighted by molar-refractivity contribution is 5.94. The van der Waals surface area contributed by atoms with Crippen LogP contribution in [0.2, 0.25) is 0 Å². The van der Waals surface area contributed by atoms with E-state index in [2.05, 4.69) is 0 Å². The highest BCUT2D eigenvalue weighted by Crippen LogP contribution is 2.11. The molecular weight excluding hydrogens is 240 g/mol. The Labute approximate surface area is 105 Å². The zero-order valence-electron chi connectivity index (χ0n) is 10.3. The summed E-state index contributed by atoms with van der Waals surface area (Å²) in [6, 6.07) is 1.54. The van der Waals surface area contributed by atoms with Crippen molar-refractivity contribution in [1.82, 2.24) is 5.43 Å². The van der Waals surface area contributed by atoms with Crippen molar-refractivity contribution in [3.05, 3.63) is 23.7 Å². The predicted molar refractivity (Wildman–Crippen MR) is 62.7 cm³/mol. The third-order valence-corrected chi connectivity index (χ3v) is 2.16. The van der Waals surface area contributed by atoms with Crippen molar-refractivity contribution in [1.29, 1.82) is 0 Å². The van der Waals surface area contributed by atoms with E-state index in [1.54, 1.807) is 7.11 Å². The number of hydrogen-bond donors (Lipinski definition) is 2. The van der Waals surface area contributed by atoms with Gasteiger partial charge in [0.25, 0.3) is 5.91 Å². The van der Waals surface area contributed by atoms with Crippen LogP contribution in [-0.4, -0.2) is 39.4 Å². The van der Waals surface area contributed by atoms with Crippen LogP contribution in [0.15, 0.2) is 16.7 Å². The number of furan rings is 1. The van der Waals surface area contributed by atoms with E-state index in [0.717, 1.165) is 0 Å². The zero-order valence-corrected chi connectivity index (χ0v) is 10.3. The topological polar surface area (TPSA) is 95.9 Å². The van der Waals surface area contributed by atoms with Crippen LogP contribution in [0, 0.1) is 0 Å². The Hall–Kier alpha value is -1.41. The molecule has 0 bridgehead atoms. The lowest BCUT2D eigenvalue weighted by Gasteiger charge is -2.05. The van der Waals surface area contributed by atoms with Gasteiger partial charge in [-0.15, -0.1) is 0 Å². The Morgan fingerprint density at radius 3 is 2.78 bits per heavy atom. The lowest BCUT2D eigenvalue weighted by molar-refractivity contribution is 0.0159. The first-order chi connectivity index (χ1) is 8.79. The summed E-state index contributed by atoms with van der Waals surface area (Å²) in [6.45, 7) is 2.15. The molecule has 0 aliphatic rings. The molecule has 0 saturated carbocycles. The Bertz CT molecular complexity index is 353. The van der Waals surface area contributed by atoms with Crippen LogP contribution in [0.3, 0.4) is 0 Å². The third kappa shape index (κ3) is 4.84. The molecule has 1 aromatic rings. The monoisotopic (exact) mass is 258 g/mol. The van der Waals surface area contributed by atoms with Crippen LogP contribution in [0.5, 0.6) is 0 Å². The first kappa shape index (κ1) is 14.7. The fraction of sp³-hybridized carbons (Fsp3) is 0.545. The van der Waals surface area contributed by atoms with Crippen LogP contribution in [0.1, 0.15) is 16.1 Å². The number of carbonyl (C=O) groups excluding carboxylic acids is 1. The molecule has 3 N–H and O–H groups in total. The number of carbonyl (C=O) groups is 1. The summed E-state index contributed by atoms with van der Waals surface area (Å²) in [5.41, 5.74) is 2.41. The van der Waals surface area contributed by atoms with Gasteiger partial charge in [0, 0.05) is 7.11 Å². The number of nitrogen functional groups attached to an aromatic ring is 1. The van der Waals surface area contributed by atoms with Crippen LogP contribution in [-0.2, 0) is 20.8 Å². The minimum absolute atomic E-state index is 0.198. The van der Waals surface area contributed by atoms with Gasteiger partial charge in [0.2, 0.25) is 0 Å². The van der Waals surface area contributed by atoms with Gasteiger partial charge >= 0.3 is 0 Å². The zero-order chi connectivity index (χ0) is 13.2. The molecule has 1 aromatic heterocycles. The Balaban J connectivity index is 2.19. The number of ether oxygens (including phenoxy) is 3. The number of nitrogens with two attached hydrogens (primary N) is 1. The van der Waals surface area contributed by atoms with E-state index >= 15 is 0 Å². The Morgan fingerprint density at radius 1 is 1.33 bits per heavy atom. The smallest absolute Gasteiger partial charge is 0.268 e. The number of rotatable bonds is 9. The van der Waals surface area contributed by atoms with Gasteiger partial charge in [-0.05, 0) is 6.07 Å². The van der Waals surface area contributed by atoms with Crippen LogP contribution in [0.4, 0.5) is 0 Å². The van der Waals surface area contributed by atoms with Crippen molar-refractivity contribution in [3.8, 4) is 0 Å². The first-order valence-electron chi connectivity index (χ1n) is 5.51. The molecule has 1 heterocycles. The maximum Gasteiger partial charge on any atom is 0.268 e. The predicted octanol–water partition coefficient (Wildman–Crippen LogP) is 0.0627. The average Bonchev–Trinajstić information content (AvgIpc) is 2.85. The van der Waals surface area contributed by atoms with Crippen molar-refractivity contribution < 1.29 is 23.4 Å². The van der Waals surface area contributed by atoms with Crippen molar-refractivity contribution in [3.63, 3.8) is 0 Å². The van der Waals surface area contributed by atoms with Gasteiger partial charge in [-0.25, -0.2) is 5.84 Å². The van der Waals surface area contributed by atoms with E-state index in [4.69, 9.17) is 24.5 Å². The van der Waals surface area contributed by atoms with Crippen LogP contribution >= 0.6 is 0 Å². The summed E-state index contributed by atoms with van der Waals surface area (Å²) < 4.78 is 20.5. The van der Waals surface area contributed by atoms with Gasteiger partial charge in [-0.1, -0.05) is 0 Å². The summed E-state index contributed by atoms with van der Waals surface area (Å²) in [4.78, 5) is 11.3. The lowest BCUT2D eigenvalue weighted by Crippen LogP contribution is -2.30. The summed E-state index contributed by atoms with van der Waals surface area (Å²) in [6.07, 6.45) is 1.42. The summed E-state index contributed by atoms with van der Waals surface area (Å²) in [7, 11) is 1.61. The molecule has 0 fully saturated rings. The average molecular weight is 258 g/mol. The molecular formula is C11H18N2O5. The normalized spacial score (nSPS) is 10.6. The molecule has 0 radical (unpaired) electrons.